The van der Waals surface area contributed by atoms with Gasteiger partial charge in [-0.3, -0.25) is 4.68 Å². The molecule has 3 aromatic rings. The molecular weight excluding hydrogens is 260 g/mol. The van der Waals surface area contributed by atoms with Crippen molar-refractivity contribution in [2.24, 2.45) is 7.05 Å². The molecule has 1 aromatic carbocycles. The van der Waals surface area contributed by atoms with Gasteiger partial charge in [-0.2, -0.15) is 5.10 Å². The molecule has 0 aliphatic carbocycles. The van der Waals surface area contributed by atoms with Crippen molar-refractivity contribution in [1.82, 2.24) is 14.8 Å². The van der Waals surface area contributed by atoms with Crippen LogP contribution in [0.5, 0.6) is 0 Å². The summed E-state index contributed by atoms with van der Waals surface area (Å²) in [5.74, 6) is 0. The molecule has 4 heteroatoms. The van der Waals surface area contributed by atoms with Crippen molar-refractivity contribution in [3.63, 3.8) is 0 Å². The molecular formula is C17H20N4. The number of nitrogens with one attached hydrogen (secondary N) is 1. The number of aromatic nitrogens is 3. The van der Waals surface area contributed by atoms with E-state index < -0.39 is 0 Å². The Bertz CT molecular complexity index is 760. The first-order valence-corrected chi connectivity index (χ1v) is 7.23. The second kappa shape index (κ2) is 5.56. The quantitative estimate of drug-likeness (QED) is 0.797. The van der Waals surface area contributed by atoms with Crippen molar-refractivity contribution in [2.75, 3.05) is 5.32 Å². The van der Waals surface area contributed by atoms with E-state index in [9.17, 15) is 0 Å². The molecule has 0 aliphatic heterocycles. The zero-order valence-corrected chi connectivity index (χ0v) is 12.7. The average Bonchev–Trinajstić information content (AvgIpc) is 2.84. The third-order valence-electron chi connectivity index (χ3n) is 3.82. The number of rotatable bonds is 4. The number of fused-ring (bicyclic) bond motifs is 1. The smallest absolute Gasteiger partial charge is 0.159 e. The molecule has 0 aliphatic rings. The predicted octanol–water partition coefficient (Wildman–Crippen LogP) is 3.32. The normalized spacial score (nSPS) is 12.5. The summed E-state index contributed by atoms with van der Waals surface area (Å²) in [6.07, 6.45) is 4.69. The third-order valence-corrected chi connectivity index (χ3v) is 3.82. The average molecular weight is 280 g/mol. The number of nitrogens with zero attached hydrogens (tertiary/aromatic N) is 3. The van der Waals surface area contributed by atoms with Crippen LogP contribution in [0.15, 0.2) is 42.7 Å². The van der Waals surface area contributed by atoms with Gasteiger partial charge in [0.05, 0.1) is 11.6 Å². The Hall–Kier alpha value is -2.36. The first kappa shape index (κ1) is 13.6. The van der Waals surface area contributed by atoms with Gasteiger partial charge in [0.2, 0.25) is 0 Å². The van der Waals surface area contributed by atoms with Gasteiger partial charge in [0, 0.05) is 25.0 Å². The highest BCUT2D eigenvalue weighted by atomic mass is 15.3. The molecule has 1 atom stereocenters. The van der Waals surface area contributed by atoms with Gasteiger partial charge in [0.1, 0.15) is 0 Å². The fraction of sp³-hybridized carbons (Fsp3) is 0.294. The monoisotopic (exact) mass is 280 g/mol. The van der Waals surface area contributed by atoms with Crippen molar-refractivity contribution in [3.8, 4) is 0 Å². The molecule has 2 heterocycles. The molecule has 0 amide bonds. The van der Waals surface area contributed by atoms with E-state index in [0.29, 0.717) is 6.04 Å². The Kier molecular flexibility index (Phi) is 3.60. The number of hydrogen-bond acceptors (Lipinski definition) is 3. The van der Waals surface area contributed by atoms with E-state index in [-0.39, 0.29) is 0 Å². The number of benzene rings is 1. The van der Waals surface area contributed by atoms with Crippen LogP contribution in [0.25, 0.3) is 11.0 Å². The molecule has 0 fully saturated rings. The van der Waals surface area contributed by atoms with Crippen LogP contribution >= 0.6 is 0 Å². The maximum absolute atomic E-state index is 4.37. The molecule has 1 N–H and O–H groups in total. The van der Waals surface area contributed by atoms with Crippen LogP contribution in [0.3, 0.4) is 0 Å². The minimum absolute atomic E-state index is 0.344. The number of pyridine rings is 1. The van der Waals surface area contributed by atoms with Crippen molar-refractivity contribution in [1.29, 1.82) is 0 Å². The van der Waals surface area contributed by atoms with Crippen LogP contribution in [0.1, 0.15) is 18.1 Å². The lowest BCUT2D eigenvalue weighted by atomic mass is 10.0. The molecule has 0 spiro atoms. The van der Waals surface area contributed by atoms with E-state index in [4.69, 9.17) is 0 Å². The van der Waals surface area contributed by atoms with Gasteiger partial charge in [-0.1, -0.05) is 24.3 Å². The van der Waals surface area contributed by atoms with E-state index in [1.807, 2.05) is 25.5 Å². The summed E-state index contributed by atoms with van der Waals surface area (Å²) >= 11 is 0. The minimum Gasteiger partial charge on any atom is -0.382 e. The van der Waals surface area contributed by atoms with Gasteiger partial charge >= 0.3 is 0 Å². The van der Waals surface area contributed by atoms with Crippen molar-refractivity contribution >= 4 is 16.7 Å². The number of anilines is 1. The highest BCUT2D eigenvalue weighted by Gasteiger charge is 2.10. The van der Waals surface area contributed by atoms with Crippen LogP contribution in [-0.4, -0.2) is 20.8 Å². The topological polar surface area (TPSA) is 42.7 Å². The largest absolute Gasteiger partial charge is 0.382 e. The third kappa shape index (κ3) is 2.75. The van der Waals surface area contributed by atoms with Crippen LogP contribution in [-0.2, 0) is 13.5 Å². The number of hydrogen-bond donors (Lipinski definition) is 1. The van der Waals surface area contributed by atoms with Gasteiger partial charge in [-0.25, -0.2) is 4.98 Å². The molecule has 0 bridgehead atoms. The van der Waals surface area contributed by atoms with Crippen LogP contribution in [0, 0.1) is 6.92 Å². The predicted molar refractivity (Wildman–Crippen MR) is 86.5 cm³/mol. The summed E-state index contributed by atoms with van der Waals surface area (Å²) in [5.41, 5.74) is 4.72. The van der Waals surface area contributed by atoms with Crippen molar-refractivity contribution < 1.29 is 0 Å². The zero-order valence-electron chi connectivity index (χ0n) is 12.7. The maximum atomic E-state index is 4.37. The van der Waals surface area contributed by atoms with Crippen LogP contribution < -0.4 is 5.32 Å². The van der Waals surface area contributed by atoms with Gasteiger partial charge in [0.15, 0.2) is 5.65 Å². The summed E-state index contributed by atoms with van der Waals surface area (Å²) in [6, 6.07) is 10.9. The molecule has 21 heavy (non-hydrogen) atoms. The summed E-state index contributed by atoms with van der Waals surface area (Å²) in [5, 5.41) is 8.92. The lowest BCUT2D eigenvalue weighted by molar-refractivity contribution is 0.784. The van der Waals surface area contributed by atoms with Gasteiger partial charge in [-0.05, 0) is 37.5 Å². The second-order valence-corrected chi connectivity index (χ2v) is 5.54. The first-order chi connectivity index (χ1) is 10.1. The summed E-state index contributed by atoms with van der Waals surface area (Å²) in [4.78, 5) is 4.37. The lowest BCUT2D eigenvalue weighted by Crippen LogP contribution is -2.18. The standard InChI is InChI=1S/C17H20N4/c1-12-6-4-5-7-14(12)10-13(2)20-16-8-9-18-17-15(16)11-19-21(17)3/h4-9,11,13H,10H2,1-3H3,(H,18,20). The zero-order chi connectivity index (χ0) is 14.8. The fourth-order valence-corrected chi connectivity index (χ4v) is 2.66. The molecule has 1 unspecified atom stereocenters. The van der Waals surface area contributed by atoms with Crippen LogP contribution in [0.4, 0.5) is 5.69 Å². The second-order valence-electron chi connectivity index (χ2n) is 5.54. The maximum Gasteiger partial charge on any atom is 0.159 e. The Morgan fingerprint density at radius 3 is 2.86 bits per heavy atom. The SMILES string of the molecule is Cc1ccccc1CC(C)Nc1ccnc2c1cnn2C. The highest BCUT2D eigenvalue weighted by molar-refractivity contribution is 5.88. The summed E-state index contributed by atoms with van der Waals surface area (Å²) < 4.78 is 1.80. The summed E-state index contributed by atoms with van der Waals surface area (Å²) in [7, 11) is 1.91. The Balaban J connectivity index is 1.80. The molecule has 4 nitrogen and oxygen atoms in total. The van der Waals surface area contributed by atoms with Crippen molar-refractivity contribution in [2.45, 2.75) is 26.3 Å². The van der Waals surface area contributed by atoms with Crippen molar-refractivity contribution in [3.05, 3.63) is 53.9 Å². The van der Waals surface area contributed by atoms with Gasteiger partial charge in [-0.15, -0.1) is 0 Å². The molecule has 3 rings (SSSR count). The van der Waals surface area contributed by atoms with Crippen LogP contribution in [0.2, 0.25) is 0 Å². The Morgan fingerprint density at radius 1 is 1.24 bits per heavy atom. The van der Waals surface area contributed by atoms with E-state index >= 15 is 0 Å². The summed E-state index contributed by atoms with van der Waals surface area (Å²) in [6.45, 7) is 4.36. The van der Waals surface area contributed by atoms with Gasteiger partial charge < -0.3 is 5.32 Å². The number of aryl methyl sites for hydroxylation is 2. The molecule has 0 radical (unpaired) electrons. The molecule has 108 valence electrons. The molecule has 2 aromatic heterocycles. The minimum atomic E-state index is 0.344. The van der Waals surface area contributed by atoms with Gasteiger partial charge in [0.25, 0.3) is 0 Å². The van der Waals surface area contributed by atoms with E-state index in [0.717, 1.165) is 23.1 Å². The Labute approximate surface area is 124 Å². The fourth-order valence-electron chi connectivity index (χ4n) is 2.66. The first-order valence-electron chi connectivity index (χ1n) is 7.23. The molecule has 0 saturated heterocycles. The van der Waals surface area contributed by atoms with E-state index in [2.05, 4.69) is 53.5 Å². The Morgan fingerprint density at radius 2 is 2.05 bits per heavy atom. The molecule has 0 saturated carbocycles. The van der Waals surface area contributed by atoms with E-state index in [1.165, 1.54) is 11.1 Å². The highest BCUT2D eigenvalue weighted by Crippen LogP contribution is 2.22. The van der Waals surface area contributed by atoms with E-state index in [1.54, 1.807) is 4.68 Å². The lowest BCUT2D eigenvalue weighted by Gasteiger charge is -2.17.